The van der Waals surface area contributed by atoms with E-state index in [1.54, 1.807) is 25.1 Å². The fourth-order valence-corrected chi connectivity index (χ4v) is 4.99. The molecule has 4 rings (SSSR count). The Bertz CT molecular complexity index is 1390. The van der Waals surface area contributed by atoms with Crippen molar-refractivity contribution in [1.29, 1.82) is 0 Å². The van der Waals surface area contributed by atoms with Crippen LogP contribution in [0.5, 0.6) is 5.75 Å². The van der Waals surface area contributed by atoms with Gasteiger partial charge in [0, 0.05) is 30.0 Å². The van der Waals surface area contributed by atoms with Gasteiger partial charge < -0.3 is 23.9 Å². The number of carbonyl (C=O) groups excluding carboxylic acids is 3. The van der Waals surface area contributed by atoms with Crippen LogP contribution in [-0.4, -0.2) is 31.2 Å². The summed E-state index contributed by atoms with van der Waals surface area (Å²) in [7, 11) is 0. The number of carbonyl (C=O) groups is 3. The first-order valence-corrected chi connectivity index (χ1v) is 13.7. The maximum absolute atomic E-state index is 12.8. The van der Waals surface area contributed by atoms with Gasteiger partial charge in [-0.25, -0.2) is 9.59 Å². The summed E-state index contributed by atoms with van der Waals surface area (Å²) in [6, 6.07) is 14.5. The predicted octanol–water partition coefficient (Wildman–Crippen LogP) is 5.24. The maximum atomic E-state index is 12.8. The fraction of sp³-hybridized carbons (Fsp3) is 0.419. The first-order valence-electron chi connectivity index (χ1n) is 13.7. The Morgan fingerprint density at radius 2 is 1.75 bits per heavy atom. The lowest BCUT2D eigenvalue weighted by atomic mass is 9.82. The lowest BCUT2D eigenvalue weighted by molar-refractivity contribution is -0.143. The van der Waals surface area contributed by atoms with Gasteiger partial charge in [0.05, 0.1) is 12.5 Å². The molecule has 1 aliphatic rings. The molecule has 1 saturated carbocycles. The third-order valence-corrected chi connectivity index (χ3v) is 7.29. The van der Waals surface area contributed by atoms with E-state index in [4.69, 9.17) is 18.6 Å². The third kappa shape index (κ3) is 7.71. The summed E-state index contributed by atoms with van der Waals surface area (Å²) in [4.78, 5) is 49.1. The van der Waals surface area contributed by atoms with Crippen molar-refractivity contribution in [2.45, 2.75) is 59.0 Å². The van der Waals surface area contributed by atoms with Crippen LogP contribution in [0.4, 0.5) is 4.79 Å². The molecule has 0 atom stereocenters. The second-order valence-electron chi connectivity index (χ2n) is 10.0. The van der Waals surface area contributed by atoms with E-state index in [-0.39, 0.29) is 49.8 Å². The fourth-order valence-electron chi connectivity index (χ4n) is 4.99. The standard InChI is InChI=1S/C31H35NO8/c1-3-37-28(33)16-15-26-20(2)25-14-13-24(17-27(25)40-30(26)35)39-29(34)23-11-9-21(10-12-23)18-32-31(36)38-19-22-7-5-4-6-8-22/h4-8,13-14,17,21,23H,3,9-12,15-16,18-19H2,1-2H3,(H,32,36). The molecule has 1 fully saturated rings. The first kappa shape index (κ1) is 28.9. The highest BCUT2D eigenvalue weighted by molar-refractivity contribution is 5.84. The number of nitrogens with one attached hydrogen (secondary N) is 1. The Morgan fingerprint density at radius 3 is 2.48 bits per heavy atom. The minimum Gasteiger partial charge on any atom is -0.466 e. The number of benzene rings is 2. The van der Waals surface area contributed by atoms with Crippen molar-refractivity contribution in [2.24, 2.45) is 11.8 Å². The molecule has 40 heavy (non-hydrogen) atoms. The summed E-state index contributed by atoms with van der Waals surface area (Å²) < 4.78 is 21.3. The summed E-state index contributed by atoms with van der Waals surface area (Å²) in [6.07, 6.45) is 2.78. The summed E-state index contributed by atoms with van der Waals surface area (Å²) in [5, 5.41) is 3.54. The van der Waals surface area contributed by atoms with Crippen molar-refractivity contribution >= 4 is 29.0 Å². The molecule has 1 heterocycles. The summed E-state index contributed by atoms with van der Waals surface area (Å²) in [5.41, 5.74) is 1.89. The second kappa shape index (κ2) is 13.8. The topological polar surface area (TPSA) is 121 Å². The van der Waals surface area contributed by atoms with Crippen molar-refractivity contribution < 1.29 is 33.0 Å². The van der Waals surface area contributed by atoms with E-state index in [2.05, 4.69) is 5.32 Å². The molecule has 1 aromatic heterocycles. The molecular formula is C31H35NO8. The highest BCUT2D eigenvalue weighted by Gasteiger charge is 2.28. The molecule has 3 aromatic rings. The summed E-state index contributed by atoms with van der Waals surface area (Å²) in [5.74, 6) is -0.349. The zero-order chi connectivity index (χ0) is 28.5. The zero-order valence-corrected chi connectivity index (χ0v) is 22.9. The minimum absolute atomic E-state index is 0.0945. The quantitative estimate of drug-likeness (QED) is 0.207. The molecule has 0 unspecified atom stereocenters. The van der Waals surface area contributed by atoms with Gasteiger partial charge in [0.25, 0.3) is 0 Å². The number of amides is 1. The molecule has 1 aliphatic carbocycles. The maximum Gasteiger partial charge on any atom is 0.407 e. The molecule has 212 valence electrons. The van der Waals surface area contributed by atoms with Crippen molar-refractivity contribution in [3.8, 4) is 5.75 Å². The van der Waals surface area contributed by atoms with Gasteiger partial charge in [-0.3, -0.25) is 9.59 Å². The van der Waals surface area contributed by atoms with Crippen LogP contribution in [0.1, 0.15) is 55.7 Å². The number of fused-ring (bicyclic) bond motifs is 1. The Hall–Kier alpha value is -4.14. The van der Waals surface area contributed by atoms with E-state index in [0.717, 1.165) is 24.0 Å². The van der Waals surface area contributed by atoms with Gasteiger partial charge in [0.15, 0.2) is 0 Å². The number of aryl methyl sites for hydroxylation is 1. The largest absolute Gasteiger partial charge is 0.466 e. The van der Waals surface area contributed by atoms with E-state index in [9.17, 15) is 19.2 Å². The minimum atomic E-state index is -0.520. The summed E-state index contributed by atoms with van der Waals surface area (Å²) >= 11 is 0. The third-order valence-electron chi connectivity index (χ3n) is 7.29. The molecule has 9 heteroatoms. The number of hydrogen-bond acceptors (Lipinski definition) is 8. The molecule has 0 aliphatic heterocycles. The molecule has 0 saturated heterocycles. The molecule has 0 spiro atoms. The normalized spacial score (nSPS) is 16.8. The lowest BCUT2D eigenvalue weighted by Crippen LogP contribution is -2.33. The van der Waals surface area contributed by atoms with Crippen LogP contribution in [0.15, 0.2) is 57.7 Å². The zero-order valence-electron chi connectivity index (χ0n) is 22.9. The monoisotopic (exact) mass is 549 g/mol. The number of alkyl carbamates (subject to hydrolysis) is 1. The van der Waals surface area contributed by atoms with Crippen LogP contribution in [0.3, 0.4) is 0 Å². The number of esters is 2. The molecule has 2 aromatic carbocycles. The molecule has 1 N–H and O–H groups in total. The van der Waals surface area contributed by atoms with Crippen molar-refractivity contribution in [2.75, 3.05) is 13.2 Å². The van der Waals surface area contributed by atoms with Crippen LogP contribution in [0.25, 0.3) is 11.0 Å². The first-order chi connectivity index (χ1) is 19.3. The highest BCUT2D eigenvalue weighted by atomic mass is 16.5. The molecular weight excluding hydrogens is 514 g/mol. The van der Waals surface area contributed by atoms with E-state index < -0.39 is 11.7 Å². The Labute approximate surface area is 232 Å². The smallest absolute Gasteiger partial charge is 0.407 e. The second-order valence-corrected chi connectivity index (χ2v) is 10.0. The summed E-state index contributed by atoms with van der Waals surface area (Å²) in [6.45, 7) is 4.55. The van der Waals surface area contributed by atoms with Crippen LogP contribution in [-0.2, 0) is 32.1 Å². The van der Waals surface area contributed by atoms with E-state index in [1.165, 1.54) is 0 Å². The highest BCUT2D eigenvalue weighted by Crippen LogP contribution is 2.31. The van der Waals surface area contributed by atoms with Crippen LogP contribution >= 0.6 is 0 Å². The number of hydrogen-bond donors (Lipinski definition) is 1. The molecule has 9 nitrogen and oxygen atoms in total. The average molecular weight is 550 g/mol. The van der Waals surface area contributed by atoms with Gasteiger partial charge in [0.1, 0.15) is 17.9 Å². The SMILES string of the molecule is CCOC(=O)CCc1c(C)c2ccc(OC(=O)C3CCC(CNC(=O)OCc4ccccc4)CC3)cc2oc1=O. The number of ether oxygens (including phenoxy) is 3. The average Bonchev–Trinajstić information content (AvgIpc) is 2.95. The molecule has 0 bridgehead atoms. The van der Waals surface area contributed by atoms with Crippen molar-refractivity contribution in [1.82, 2.24) is 5.32 Å². The number of rotatable bonds is 10. The van der Waals surface area contributed by atoms with Gasteiger partial charge in [0.2, 0.25) is 0 Å². The van der Waals surface area contributed by atoms with E-state index in [1.807, 2.05) is 37.3 Å². The molecule has 1 amide bonds. The van der Waals surface area contributed by atoms with Crippen molar-refractivity contribution in [3.63, 3.8) is 0 Å². The van der Waals surface area contributed by atoms with Crippen LogP contribution in [0.2, 0.25) is 0 Å². The van der Waals surface area contributed by atoms with Gasteiger partial charge in [-0.1, -0.05) is 30.3 Å². The lowest BCUT2D eigenvalue weighted by Gasteiger charge is -2.27. The van der Waals surface area contributed by atoms with Gasteiger partial charge >= 0.3 is 23.7 Å². The van der Waals surface area contributed by atoms with Crippen LogP contribution < -0.4 is 15.7 Å². The van der Waals surface area contributed by atoms with Gasteiger partial charge in [-0.15, -0.1) is 0 Å². The Kier molecular flexibility index (Phi) is 9.94. The Balaban J connectivity index is 1.25. The Morgan fingerprint density at radius 1 is 1.00 bits per heavy atom. The van der Waals surface area contributed by atoms with Gasteiger partial charge in [-0.05, 0) is 75.1 Å². The van der Waals surface area contributed by atoms with E-state index >= 15 is 0 Å². The van der Waals surface area contributed by atoms with Gasteiger partial charge in [-0.2, -0.15) is 0 Å². The van der Waals surface area contributed by atoms with Crippen LogP contribution in [0, 0.1) is 18.8 Å². The van der Waals surface area contributed by atoms with Crippen molar-refractivity contribution in [3.05, 3.63) is 75.6 Å². The molecule has 0 radical (unpaired) electrons. The van der Waals surface area contributed by atoms with E-state index in [0.29, 0.717) is 41.7 Å². The predicted molar refractivity (Wildman–Crippen MR) is 148 cm³/mol.